The molecule has 1 fully saturated rings. The van der Waals surface area contributed by atoms with E-state index in [0.717, 1.165) is 43.3 Å². The first-order valence-corrected chi connectivity index (χ1v) is 11.2. The van der Waals surface area contributed by atoms with Gasteiger partial charge in [-0.1, -0.05) is 12.1 Å². The van der Waals surface area contributed by atoms with Gasteiger partial charge in [0, 0.05) is 19.3 Å². The van der Waals surface area contributed by atoms with E-state index in [9.17, 15) is 8.42 Å². The molecule has 0 unspecified atom stereocenters. The first-order valence-electron chi connectivity index (χ1n) is 9.30. The van der Waals surface area contributed by atoms with E-state index in [1.165, 1.54) is 19.1 Å². The van der Waals surface area contributed by atoms with Crippen LogP contribution in [-0.4, -0.2) is 58.8 Å². The van der Waals surface area contributed by atoms with Crippen LogP contribution in [0.25, 0.3) is 0 Å². The molecular weight excluding hydrogens is 475 g/mol. The van der Waals surface area contributed by atoms with Crippen LogP contribution in [0.1, 0.15) is 30.9 Å². The van der Waals surface area contributed by atoms with Crippen LogP contribution in [0.5, 0.6) is 0 Å². The van der Waals surface area contributed by atoms with E-state index in [4.69, 9.17) is 0 Å². The van der Waals surface area contributed by atoms with Gasteiger partial charge in [0.05, 0.1) is 11.4 Å². The number of benzene rings is 1. The summed E-state index contributed by atoms with van der Waals surface area (Å²) in [6, 6.07) is 5.42. The van der Waals surface area contributed by atoms with Crippen molar-refractivity contribution in [2.45, 2.75) is 38.1 Å². The van der Waals surface area contributed by atoms with Gasteiger partial charge in [0.2, 0.25) is 0 Å². The second kappa shape index (κ2) is 11.2. The van der Waals surface area contributed by atoms with Crippen molar-refractivity contribution in [2.24, 2.45) is 10.9 Å². The number of aryl methyl sites for hydroxylation is 1. The molecule has 2 N–H and O–H groups in total. The third-order valence-electron chi connectivity index (χ3n) is 4.80. The molecule has 1 heterocycles. The lowest BCUT2D eigenvalue weighted by Gasteiger charge is -2.29. The standard InChI is InChI=1S/C19H32N4O2S.HI/c1-5-20-19(21-13-16-8-10-23(3)11-9-16)22-14-17-6-7-18(15(2)12-17)26(4,24)25;/h6-7,12,16H,5,8-11,13-14H2,1-4H3,(H2,20,21,22);1H. The van der Waals surface area contributed by atoms with Crippen molar-refractivity contribution in [3.63, 3.8) is 0 Å². The number of nitrogens with one attached hydrogen (secondary N) is 2. The fourth-order valence-corrected chi connectivity index (χ4v) is 4.20. The Morgan fingerprint density at radius 1 is 1.26 bits per heavy atom. The van der Waals surface area contributed by atoms with E-state index in [1.54, 1.807) is 6.07 Å². The van der Waals surface area contributed by atoms with Crippen LogP contribution in [-0.2, 0) is 16.4 Å². The number of hydrogen-bond acceptors (Lipinski definition) is 4. The number of hydrogen-bond donors (Lipinski definition) is 2. The van der Waals surface area contributed by atoms with Gasteiger partial charge in [0.1, 0.15) is 0 Å². The Morgan fingerprint density at radius 3 is 2.48 bits per heavy atom. The number of sulfone groups is 1. The number of likely N-dealkylation sites (tertiary alicyclic amines) is 1. The fourth-order valence-electron chi connectivity index (χ4n) is 3.25. The maximum Gasteiger partial charge on any atom is 0.191 e. The zero-order valence-electron chi connectivity index (χ0n) is 16.8. The lowest BCUT2D eigenvalue weighted by molar-refractivity contribution is 0.220. The monoisotopic (exact) mass is 508 g/mol. The van der Waals surface area contributed by atoms with Crippen LogP contribution in [0, 0.1) is 12.8 Å². The molecule has 0 atom stereocenters. The lowest BCUT2D eigenvalue weighted by Crippen LogP contribution is -2.42. The van der Waals surface area contributed by atoms with Gasteiger partial charge < -0.3 is 15.5 Å². The van der Waals surface area contributed by atoms with Crippen molar-refractivity contribution >= 4 is 39.8 Å². The average molecular weight is 508 g/mol. The minimum absolute atomic E-state index is 0. The molecule has 1 aliphatic rings. The van der Waals surface area contributed by atoms with Crippen LogP contribution in [0.2, 0.25) is 0 Å². The normalized spacial score (nSPS) is 16.7. The van der Waals surface area contributed by atoms with Crippen molar-refractivity contribution in [1.82, 2.24) is 15.5 Å². The van der Waals surface area contributed by atoms with Gasteiger partial charge in [-0.2, -0.15) is 0 Å². The van der Waals surface area contributed by atoms with Crippen molar-refractivity contribution < 1.29 is 8.42 Å². The van der Waals surface area contributed by atoms with Gasteiger partial charge >= 0.3 is 0 Å². The predicted octanol–water partition coefficient (Wildman–Crippen LogP) is 2.41. The number of aliphatic imine (C=N–C) groups is 1. The molecule has 6 nitrogen and oxygen atoms in total. The van der Waals surface area contributed by atoms with E-state index >= 15 is 0 Å². The molecule has 8 heteroatoms. The summed E-state index contributed by atoms with van der Waals surface area (Å²) in [5, 5.41) is 6.73. The SMILES string of the molecule is CCNC(=NCc1ccc(S(C)(=O)=O)c(C)c1)NCC1CCN(C)CC1.I. The Labute approximate surface area is 181 Å². The second-order valence-electron chi connectivity index (χ2n) is 7.19. The van der Waals surface area contributed by atoms with Gasteiger partial charge in [0.15, 0.2) is 15.8 Å². The lowest BCUT2D eigenvalue weighted by atomic mass is 9.97. The predicted molar refractivity (Wildman–Crippen MR) is 123 cm³/mol. The molecule has 0 bridgehead atoms. The Bertz CT molecular complexity index is 729. The zero-order chi connectivity index (χ0) is 19.2. The summed E-state index contributed by atoms with van der Waals surface area (Å²) < 4.78 is 23.4. The molecule has 27 heavy (non-hydrogen) atoms. The Hall–Kier alpha value is -0.870. The van der Waals surface area contributed by atoms with Crippen LogP contribution in [0.4, 0.5) is 0 Å². The first-order chi connectivity index (χ1) is 12.3. The molecule has 0 aliphatic carbocycles. The third kappa shape index (κ3) is 7.95. The van der Waals surface area contributed by atoms with Gasteiger partial charge in [-0.05, 0) is 69.9 Å². The smallest absolute Gasteiger partial charge is 0.191 e. The maximum atomic E-state index is 11.7. The van der Waals surface area contributed by atoms with Crippen LogP contribution in [0.3, 0.4) is 0 Å². The van der Waals surface area contributed by atoms with Crippen molar-refractivity contribution in [2.75, 3.05) is 39.5 Å². The quantitative estimate of drug-likeness (QED) is 0.351. The average Bonchev–Trinajstić information content (AvgIpc) is 2.57. The Morgan fingerprint density at radius 2 is 1.93 bits per heavy atom. The molecule has 0 amide bonds. The number of nitrogens with zero attached hydrogens (tertiary/aromatic N) is 2. The van der Waals surface area contributed by atoms with Crippen LogP contribution in [0.15, 0.2) is 28.1 Å². The Kier molecular flexibility index (Phi) is 10.0. The van der Waals surface area contributed by atoms with E-state index in [-0.39, 0.29) is 24.0 Å². The number of guanidine groups is 1. The summed E-state index contributed by atoms with van der Waals surface area (Å²) in [4.78, 5) is 7.41. The molecule has 1 aromatic rings. The van der Waals surface area contributed by atoms with E-state index in [2.05, 4.69) is 34.5 Å². The molecule has 1 aromatic carbocycles. The summed E-state index contributed by atoms with van der Waals surface area (Å²) in [5.74, 6) is 1.50. The summed E-state index contributed by atoms with van der Waals surface area (Å²) in [6.07, 6.45) is 3.67. The summed E-state index contributed by atoms with van der Waals surface area (Å²) in [6.45, 7) is 8.47. The summed E-state index contributed by atoms with van der Waals surface area (Å²) >= 11 is 0. The zero-order valence-corrected chi connectivity index (χ0v) is 19.9. The molecule has 1 saturated heterocycles. The molecule has 0 saturated carbocycles. The molecular formula is C19H33IN4O2S. The fraction of sp³-hybridized carbons (Fsp3) is 0.632. The minimum atomic E-state index is -3.18. The van der Waals surface area contributed by atoms with Crippen LogP contribution >= 0.6 is 24.0 Å². The summed E-state index contributed by atoms with van der Waals surface area (Å²) in [7, 11) is -1.01. The first kappa shape index (κ1) is 24.2. The molecule has 154 valence electrons. The molecule has 0 aromatic heterocycles. The van der Waals surface area contributed by atoms with E-state index < -0.39 is 9.84 Å². The van der Waals surface area contributed by atoms with Crippen LogP contribution < -0.4 is 10.6 Å². The molecule has 1 aliphatic heterocycles. The summed E-state index contributed by atoms with van der Waals surface area (Å²) in [5.41, 5.74) is 1.77. The Balaban J connectivity index is 0.00000364. The highest BCUT2D eigenvalue weighted by Crippen LogP contribution is 2.17. The number of halogens is 1. The highest BCUT2D eigenvalue weighted by Gasteiger charge is 2.16. The van der Waals surface area contributed by atoms with Gasteiger partial charge in [-0.3, -0.25) is 0 Å². The highest BCUT2D eigenvalue weighted by molar-refractivity contribution is 14.0. The topological polar surface area (TPSA) is 73.8 Å². The number of piperidine rings is 1. The van der Waals surface area contributed by atoms with Gasteiger partial charge in [0.25, 0.3) is 0 Å². The highest BCUT2D eigenvalue weighted by atomic mass is 127. The number of rotatable bonds is 6. The molecule has 0 spiro atoms. The minimum Gasteiger partial charge on any atom is -0.357 e. The molecule has 2 rings (SSSR count). The second-order valence-corrected chi connectivity index (χ2v) is 9.18. The third-order valence-corrected chi connectivity index (χ3v) is 6.06. The molecule has 0 radical (unpaired) electrons. The van der Waals surface area contributed by atoms with Crippen molar-refractivity contribution in [3.05, 3.63) is 29.3 Å². The van der Waals surface area contributed by atoms with Crippen molar-refractivity contribution in [1.29, 1.82) is 0 Å². The largest absolute Gasteiger partial charge is 0.357 e. The van der Waals surface area contributed by atoms with E-state index in [0.29, 0.717) is 17.4 Å². The van der Waals surface area contributed by atoms with Crippen molar-refractivity contribution in [3.8, 4) is 0 Å². The van der Waals surface area contributed by atoms with Gasteiger partial charge in [-0.15, -0.1) is 24.0 Å². The van der Waals surface area contributed by atoms with Gasteiger partial charge in [-0.25, -0.2) is 13.4 Å². The van der Waals surface area contributed by atoms with E-state index in [1.807, 2.05) is 19.1 Å². The maximum absolute atomic E-state index is 11.7.